The molecule has 112 valence electrons. The van der Waals surface area contributed by atoms with Gasteiger partial charge in [-0.15, -0.1) is 0 Å². The number of aromatic amines is 1. The highest BCUT2D eigenvalue weighted by atomic mass is 15.2. The lowest BCUT2D eigenvalue weighted by molar-refractivity contribution is 0.209. The molecule has 2 fully saturated rings. The zero-order valence-corrected chi connectivity index (χ0v) is 12.5. The Morgan fingerprint density at radius 2 is 2.19 bits per heavy atom. The second kappa shape index (κ2) is 5.78. The average Bonchev–Trinajstić information content (AvgIpc) is 3.30. The molecule has 1 atom stereocenters. The van der Waals surface area contributed by atoms with E-state index in [9.17, 15) is 0 Å². The van der Waals surface area contributed by atoms with Gasteiger partial charge in [0.1, 0.15) is 5.65 Å². The van der Waals surface area contributed by atoms with E-state index in [-0.39, 0.29) is 0 Å². The van der Waals surface area contributed by atoms with Crippen LogP contribution in [0, 0.1) is 0 Å². The summed E-state index contributed by atoms with van der Waals surface area (Å²) in [5.41, 5.74) is 2.40. The van der Waals surface area contributed by atoms with E-state index in [0.29, 0.717) is 6.04 Å². The first-order chi connectivity index (χ1) is 10.4. The maximum Gasteiger partial charge on any atom is 0.137 e. The van der Waals surface area contributed by atoms with Crippen molar-refractivity contribution in [3.63, 3.8) is 0 Å². The molecule has 4 rings (SSSR count). The minimum absolute atomic E-state index is 0.683. The van der Waals surface area contributed by atoms with Gasteiger partial charge in [0.05, 0.1) is 0 Å². The molecular weight excluding hydrogens is 260 g/mol. The van der Waals surface area contributed by atoms with E-state index >= 15 is 0 Å². The quantitative estimate of drug-likeness (QED) is 0.887. The van der Waals surface area contributed by atoms with E-state index < -0.39 is 0 Å². The maximum atomic E-state index is 4.40. The average molecular weight is 284 g/mol. The SMILES string of the molecule is c1cnc2[nH]cc(CN(CC3CCCCN3)C3CC3)c2c1. The molecule has 1 unspecified atom stereocenters. The van der Waals surface area contributed by atoms with Crippen LogP contribution in [0.3, 0.4) is 0 Å². The van der Waals surface area contributed by atoms with Gasteiger partial charge in [-0.3, -0.25) is 4.90 Å². The monoisotopic (exact) mass is 284 g/mol. The number of hydrogen-bond acceptors (Lipinski definition) is 3. The fraction of sp³-hybridized carbons (Fsp3) is 0.588. The molecule has 2 aliphatic rings. The zero-order chi connectivity index (χ0) is 14.1. The van der Waals surface area contributed by atoms with E-state index in [1.807, 2.05) is 12.3 Å². The first-order valence-corrected chi connectivity index (χ1v) is 8.28. The molecule has 1 saturated carbocycles. The Morgan fingerprint density at radius 3 is 3.00 bits per heavy atom. The van der Waals surface area contributed by atoms with Crippen LogP contribution in [0.5, 0.6) is 0 Å². The number of rotatable bonds is 5. The Morgan fingerprint density at radius 1 is 1.24 bits per heavy atom. The number of H-pyrrole nitrogens is 1. The molecule has 2 aromatic heterocycles. The number of nitrogens with zero attached hydrogens (tertiary/aromatic N) is 2. The largest absolute Gasteiger partial charge is 0.346 e. The molecule has 4 heteroatoms. The molecule has 3 heterocycles. The molecule has 4 nitrogen and oxygen atoms in total. The minimum Gasteiger partial charge on any atom is -0.346 e. The normalized spacial score (nSPS) is 23.0. The second-order valence-corrected chi connectivity index (χ2v) is 6.52. The Labute approximate surface area is 125 Å². The van der Waals surface area contributed by atoms with Gasteiger partial charge in [0, 0.05) is 43.0 Å². The highest BCUT2D eigenvalue weighted by molar-refractivity contribution is 5.79. The number of fused-ring (bicyclic) bond motifs is 1. The van der Waals surface area contributed by atoms with Crippen molar-refractivity contribution in [2.24, 2.45) is 0 Å². The van der Waals surface area contributed by atoms with Crippen LogP contribution in [0.25, 0.3) is 11.0 Å². The third-order valence-corrected chi connectivity index (χ3v) is 4.84. The number of hydrogen-bond donors (Lipinski definition) is 2. The lowest BCUT2D eigenvalue weighted by Crippen LogP contribution is -2.44. The van der Waals surface area contributed by atoms with Crippen molar-refractivity contribution in [2.45, 2.75) is 50.7 Å². The van der Waals surface area contributed by atoms with E-state index in [4.69, 9.17) is 0 Å². The molecular formula is C17H24N4. The van der Waals surface area contributed by atoms with Crippen LogP contribution in [0.15, 0.2) is 24.5 Å². The summed E-state index contributed by atoms with van der Waals surface area (Å²) >= 11 is 0. The summed E-state index contributed by atoms with van der Waals surface area (Å²) in [6.07, 6.45) is 10.8. The number of nitrogens with one attached hydrogen (secondary N) is 2. The van der Waals surface area contributed by atoms with Gasteiger partial charge in [-0.25, -0.2) is 4.98 Å². The van der Waals surface area contributed by atoms with Crippen LogP contribution < -0.4 is 5.32 Å². The minimum atomic E-state index is 0.683. The second-order valence-electron chi connectivity index (χ2n) is 6.52. The molecule has 0 amide bonds. The molecule has 1 saturated heterocycles. The van der Waals surface area contributed by atoms with Crippen LogP contribution in [0.2, 0.25) is 0 Å². The Balaban J connectivity index is 1.49. The molecule has 0 spiro atoms. The van der Waals surface area contributed by atoms with Gasteiger partial charge in [0.15, 0.2) is 0 Å². The molecule has 2 aromatic rings. The van der Waals surface area contributed by atoms with Gasteiger partial charge < -0.3 is 10.3 Å². The van der Waals surface area contributed by atoms with Gasteiger partial charge >= 0.3 is 0 Å². The van der Waals surface area contributed by atoms with Crippen molar-refractivity contribution >= 4 is 11.0 Å². The van der Waals surface area contributed by atoms with E-state index in [1.54, 1.807) is 0 Å². The lowest BCUT2D eigenvalue weighted by atomic mass is 10.0. The topological polar surface area (TPSA) is 44.0 Å². The van der Waals surface area contributed by atoms with E-state index in [2.05, 4.69) is 32.4 Å². The summed E-state index contributed by atoms with van der Waals surface area (Å²) in [6.45, 7) is 3.44. The van der Waals surface area contributed by atoms with Gasteiger partial charge in [0.25, 0.3) is 0 Å². The molecule has 2 N–H and O–H groups in total. The Hall–Kier alpha value is -1.39. The fourth-order valence-corrected chi connectivity index (χ4v) is 3.51. The van der Waals surface area contributed by atoms with Crippen LogP contribution in [-0.2, 0) is 6.54 Å². The number of piperidine rings is 1. The van der Waals surface area contributed by atoms with Crippen molar-refractivity contribution in [3.05, 3.63) is 30.1 Å². The Bertz CT molecular complexity index is 596. The van der Waals surface area contributed by atoms with E-state index in [1.165, 1.54) is 56.1 Å². The summed E-state index contributed by atoms with van der Waals surface area (Å²) < 4.78 is 0. The predicted molar refractivity (Wildman–Crippen MR) is 85.2 cm³/mol. The molecule has 1 aliphatic carbocycles. The molecule has 0 bridgehead atoms. The smallest absolute Gasteiger partial charge is 0.137 e. The van der Waals surface area contributed by atoms with Gasteiger partial charge in [-0.2, -0.15) is 0 Å². The first-order valence-electron chi connectivity index (χ1n) is 8.28. The van der Waals surface area contributed by atoms with Gasteiger partial charge in [-0.1, -0.05) is 6.42 Å². The first kappa shape index (κ1) is 13.3. The Kier molecular flexibility index (Phi) is 3.65. The molecule has 0 radical (unpaired) electrons. The molecule has 21 heavy (non-hydrogen) atoms. The highest BCUT2D eigenvalue weighted by Crippen LogP contribution is 2.30. The third kappa shape index (κ3) is 2.97. The number of pyridine rings is 1. The molecule has 0 aromatic carbocycles. The third-order valence-electron chi connectivity index (χ3n) is 4.84. The highest BCUT2D eigenvalue weighted by Gasteiger charge is 2.31. The number of aromatic nitrogens is 2. The zero-order valence-electron chi connectivity index (χ0n) is 12.5. The standard InChI is InChI=1S/C17H24N4/c1-2-8-18-14(4-1)12-21(15-6-7-15)11-13-10-20-17-16(13)5-3-9-19-17/h3,5,9-10,14-15,18H,1-2,4,6-8,11-12H2,(H,19,20). The maximum absolute atomic E-state index is 4.40. The summed E-state index contributed by atoms with van der Waals surface area (Å²) in [5, 5.41) is 4.96. The lowest BCUT2D eigenvalue weighted by Gasteiger charge is -2.30. The fourth-order valence-electron chi connectivity index (χ4n) is 3.51. The van der Waals surface area contributed by atoms with Crippen molar-refractivity contribution in [2.75, 3.05) is 13.1 Å². The van der Waals surface area contributed by atoms with Crippen LogP contribution in [0.4, 0.5) is 0 Å². The van der Waals surface area contributed by atoms with Gasteiger partial charge in [0.2, 0.25) is 0 Å². The van der Waals surface area contributed by atoms with Crippen LogP contribution in [0.1, 0.15) is 37.7 Å². The van der Waals surface area contributed by atoms with Crippen molar-refractivity contribution in [1.82, 2.24) is 20.2 Å². The van der Waals surface area contributed by atoms with Crippen LogP contribution in [-0.4, -0.2) is 40.0 Å². The predicted octanol–water partition coefficient (Wildman–Crippen LogP) is 2.67. The summed E-state index contributed by atoms with van der Waals surface area (Å²) in [5.74, 6) is 0. The van der Waals surface area contributed by atoms with E-state index in [0.717, 1.165) is 18.2 Å². The van der Waals surface area contributed by atoms with Gasteiger partial charge in [-0.05, 0) is 49.9 Å². The summed E-state index contributed by atoms with van der Waals surface area (Å²) in [4.78, 5) is 10.4. The molecule has 1 aliphatic heterocycles. The van der Waals surface area contributed by atoms with Crippen molar-refractivity contribution < 1.29 is 0 Å². The summed E-state index contributed by atoms with van der Waals surface area (Å²) in [6, 6.07) is 5.69. The van der Waals surface area contributed by atoms with Crippen molar-refractivity contribution in [3.8, 4) is 0 Å². The van der Waals surface area contributed by atoms with Crippen LogP contribution >= 0.6 is 0 Å². The summed E-state index contributed by atoms with van der Waals surface area (Å²) in [7, 11) is 0. The van der Waals surface area contributed by atoms with Crippen molar-refractivity contribution in [1.29, 1.82) is 0 Å².